The van der Waals surface area contributed by atoms with Gasteiger partial charge in [-0.2, -0.15) is 0 Å². The minimum absolute atomic E-state index is 0.820. The molecule has 1 aromatic heterocycles. The van der Waals surface area contributed by atoms with Crippen LogP contribution in [0.3, 0.4) is 0 Å². The Bertz CT molecular complexity index is 412. The molecule has 0 bridgehead atoms. The van der Waals surface area contributed by atoms with Crippen LogP contribution in [-0.4, -0.2) is 12.1 Å². The first-order valence-electron chi connectivity index (χ1n) is 3.38. The predicted octanol–water partition coefficient (Wildman–Crippen LogP) is 3.07. The molecule has 0 aliphatic rings. The number of methoxy groups -OCH3 is 1. The number of hydrogen-bond donors (Lipinski definition) is 0. The van der Waals surface area contributed by atoms with E-state index < -0.39 is 0 Å². The van der Waals surface area contributed by atoms with E-state index in [2.05, 4.69) is 20.9 Å². The highest BCUT2D eigenvalue weighted by atomic mass is 79.9. The van der Waals surface area contributed by atoms with Crippen LogP contribution in [0.15, 0.2) is 22.1 Å². The zero-order valence-electron chi connectivity index (χ0n) is 6.37. The lowest BCUT2D eigenvalue weighted by Crippen LogP contribution is -1.83. The predicted molar refractivity (Wildman–Crippen MR) is 53.9 cm³/mol. The molecule has 0 amide bonds. The van der Waals surface area contributed by atoms with Crippen molar-refractivity contribution in [2.45, 2.75) is 0 Å². The number of hydrogen-bond acceptors (Lipinski definition) is 3. The number of benzene rings is 1. The molecule has 0 N–H and O–H groups in total. The van der Waals surface area contributed by atoms with E-state index in [-0.39, 0.29) is 0 Å². The average molecular weight is 244 g/mol. The van der Waals surface area contributed by atoms with Crippen LogP contribution in [0, 0.1) is 0 Å². The normalized spacial score (nSPS) is 10.5. The highest BCUT2D eigenvalue weighted by Gasteiger charge is 2.04. The molecule has 0 aliphatic heterocycles. The van der Waals surface area contributed by atoms with Gasteiger partial charge in [-0.25, -0.2) is 4.98 Å². The molecule has 0 fully saturated rings. The van der Waals surface area contributed by atoms with Crippen molar-refractivity contribution in [1.82, 2.24) is 4.98 Å². The number of ether oxygens (including phenoxy) is 1. The first kappa shape index (κ1) is 8.01. The van der Waals surface area contributed by atoms with Crippen molar-refractivity contribution < 1.29 is 4.74 Å². The second-order valence-electron chi connectivity index (χ2n) is 2.31. The molecule has 0 aliphatic carbocycles. The second kappa shape index (κ2) is 3.03. The van der Waals surface area contributed by atoms with Gasteiger partial charge in [-0.1, -0.05) is 15.9 Å². The van der Waals surface area contributed by atoms with Gasteiger partial charge in [0, 0.05) is 4.47 Å². The second-order valence-corrected chi connectivity index (χ2v) is 4.11. The Morgan fingerprint density at radius 1 is 1.50 bits per heavy atom. The van der Waals surface area contributed by atoms with Crippen molar-refractivity contribution in [2.75, 3.05) is 7.11 Å². The summed E-state index contributed by atoms with van der Waals surface area (Å²) in [4.78, 5) is 4.20. The third-order valence-electron chi connectivity index (χ3n) is 1.59. The van der Waals surface area contributed by atoms with E-state index in [1.165, 1.54) is 0 Å². The summed E-state index contributed by atoms with van der Waals surface area (Å²) in [7, 11) is 1.65. The van der Waals surface area contributed by atoms with E-state index in [1.807, 2.05) is 17.6 Å². The van der Waals surface area contributed by atoms with Crippen LogP contribution < -0.4 is 4.74 Å². The number of rotatable bonds is 1. The molecule has 1 heterocycles. The summed E-state index contributed by atoms with van der Waals surface area (Å²) < 4.78 is 7.34. The molecule has 0 radical (unpaired) electrons. The van der Waals surface area contributed by atoms with Gasteiger partial charge < -0.3 is 4.74 Å². The Morgan fingerprint density at radius 3 is 3.08 bits per heavy atom. The zero-order valence-corrected chi connectivity index (χ0v) is 8.78. The van der Waals surface area contributed by atoms with E-state index >= 15 is 0 Å². The zero-order chi connectivity index (χ0) is 8.55. The number of thiazole rings is 1. The summed E-state index contributed by atoms with van der Waals surface area (Å²) in [6, 6.07) is 3.96. The third-order valence-corrected chi connectivity index (χ3v) is 2.82. The van der Waals surface area contributed by atoms with E-state index in [0.717, 1.165) is 20.4 Å². The molecule has 0 saturated heterocycles. The smallest absolute Gasteiger partial charge is 0.147 e. The lowest BCUT2D eigenvalue weighted by atomic mass is 10.3. The van der Waals surface area contributed by atoms with Crippen LogP contribution in [0.2, 0.25) is 0 Å². The number of nitrogens with zero attached hydrogens (tertiary/aromatic N) is 1. The summed E-state index contributed by atoms with van der Waals surface area (Å²) in [6.45, 7) is 0. The molecule has 0 atom stereocenters. The first-order valence-corrected chi connectivity index (χ1v) is 5.05. The molecule has 2 aromatic rings. The quantitative estimate of drug-likeness (QED) is 0.769. The van der Waals surface area contributed by atoms with Gasteiger partial charge >= 0.3 is 0 Å². The summed E-state index contributed by atoms with van der Waals surface area (Å²) in [5, 5.41) is 0. The minimum atomic E-state index is 0.820. The largest absolute Gasteiger partial charge is 0.494 e. The van der Waals surface area contributed by atoms with Gasteiger partial charge in [-0.3, -0.25) is 0 Å². The fraction of sp³-hybridized carbons (Fsp3) is 0.125. The van der Waals surface area contributed by atoms with Crippen LogP contribution >= 0.6 is 27.3 Å². The molecule has 2 nitrogen and oxygen atoms in total. The average Bonchev–Trinajstić information content (AvgIpc) is 2.50. The van der Waals surface area contributed by atoms with Gasteiger partial charge in [0.05, 0.1) is 17.3 Å². The Labute approximate surface area is 82.3 Å². The summed E-state index contributed by atoms with van der Waals surface area (Å²) >= 11 is 5.02. The Kier molecular flexibility index (Phi) is 2.02. The Morgan fingerprint density at radius 2 is 2.33 bits per heavy atom. The summed E-state index contributed by atoms with van der Waals surface area (Å²) in [5.74, 6) is 0.820. The van der Waals surface area contributed by atoms with Crippen LogP contribution in [0.5, 0.6) is 5.75 Å². The highest BCUT2D eigenvalue weighted by molar-refractivity contribution is 9.10. The molecule has 0 unspecified atom stereocenters. The van der Waals surface area contributed by atoms with Crippen molar-refractivity contribution in [1.29, 1.82) is 0 Å². The molecule has 2 rings (SSSR count). The van der Waals surface area contributed by atoms with Crippen LogP contribution in [0.1, 0.15) is 0 Å². The molecule has 62 valence electrons. The van der Waals surface area contributed by atoms with E-state index in [9.17, 15) is 0 Å². The van der Waals surface area contributed by atoms with Gasteiger partial charge in [0.15, 0.2) is 0 Å². The standard InChI is InChI=1S/C8H6BrNOS/c1-11-6-2-5(9)3-7-8(6)10-4-12-7/h2-4H,1H3. The van der Waals surface area contributed by atoms with Crippen molar-refractivity contribution in [2.24, 2.45) is 0 Å². The SMILES string of the molecule is COc1cc(Br)cc2scnc12. The number of halogens is 1. The first-order chi connectivity index (χ1) is 5.81. The monoisotopic (exact) mass is 243 g/mol. The fourth-order valence-corrected chi connectivity index (χ4v) is 2.38. The lowest BCUT2D eigenvalue weighted by Gasteiger charge is -2.00. The van der Waals surface area contributed by atoms with E-state index in [1.54, 1.807) is 18.4 Å². The molecule has 0 spiro atoms. The van der Waals surface area contributed by atoms with Gasteiger partial charge in [0.1, 0.15) is 11.3 Å². The van der Waals surface area contributed by atoms with Crippen molar-refractivity contribution in [3.05, 3.63) is 22.1 Å². The van der Waals surface area contributed by atoms with Gasteiger partial charge in [-0.05, 0) is 12.1 Å². The molecule has 0 saturated carbocycles. The van der Waals surface area contributed by atoms with Crippen LogP contribution in [0.4, 0.5) is 0 Å². The highest BCUT2D eigenvalue weighted by Crippen LogP contribution is 2.30. The van der Waals surface area contributed by atoms with Crippen LogP contribution in [-0.2, 0) is 0 Å². The van der Waals surface area contributed by atoms with E-state index in [0.29, 0.717) is 0 Å². The van der Waals surface area contributed by atoms with Gasteiger partial charge in [0.25, 0.3) is 0 Å². The van der Waals surface area contributed by atoms with E-state index in [4.69, 9.17) is 4.74 Å². The number of fused-ring (bicyclic) bond motifs is 1. The minimum Gasteiger partial charge on any atom is -0.494 e. The lowest BCUT2D eigenvalue weighted by molar-refractivity contribution is 0.419. The molecular weight excluding hydrogens is 238 g/mol. The topological polar surface area (TPSA) is 22.1 Å². The number of aromatic nitrogens is 1. The Balaban J connectivity index is 2.80. The maximum atomic E-state index is 5.18. The third kappa shape index (κ3) is 1.21. The molecule has 4 heteroatoms. The summed E-state index contributed by atoms with van der Waals surface area (Å²) in [5.41, 5.74) is 2.75. The van der Waals surface area contributed by atoms with Gasteiger partial charge in [0.2, 0.25) is 0 Å². The molecular formula is C8H6BrNOS. The maximum absolute atomic E-state index is 5.18. The Hall–Kier alpha value is -0.610. The van der Waals surface area contributed by atoms with Gasteiger partial charge in [-0.15, -0.1) is 11.3 Å². The summed E-state index contributed by atoms with van der Waals surface area (Å²) in [6.07, 6.45) is 0. The van der Waals surface area contributed by atoms with Crippen molar-refractivity contribution in [3.63, 3.8) is 0 Å². The van der Waals surface area contributed by atoms with Crippen molar-refractivity contribution in [3.8, 4) is 5.75 Å². The van der Waals surface area contributed by atoms with Crippen molar-refractivity contribution >= 4 is 37.5 Å². The van der Waals surface area contributed by atoms with Crippen LogP contribution in [0.25, 0.3) is 10.2 Å². The molecule has 1 aromatic carbocycles. The maximum Gasteiger partial charge on any atom is 0.147 e. The molecule has 12 heavy (non-hydrogen) atoms. The fourth-order valence-electron chi connectivity index (χ4n) is 1.06.